The number of thiol groups is 1. The number of nitrogens with one attached hydrogen (secondary N) is 1. The SMILES string of the molecule is CN[C@@H](CS)C(=O)P. The molecule has 0 aliphatic rings. The summed E-state index contributed by atoms with van der Waals surface area (Å²) in [4.78, 5) is 10.5. The van der Waals surface area contributed by atoms with Crippen LogP contribution < -0.4 is 5.32 Å². The van der Waals surface area contributed by atoms with Crippen molar-refractivity contribution < 1.29 is 4.79 Å². The molecule has 2 nitrogen and oxygen atoms in total. The molecule has 0 spiro atoms. The monoisotopic (exact) mass is 151 g/mol. The molecule has 0 fully saturated rings. The van der Waals surface area contributed by atoms with E-state index >= 15 is 0 Å². The maximum atomic E-state index is 10.5. The standard InChI is InChI=1S/C4H10NOPS/c1-5-3(2-8)4(6)7/h3,5,8H,2,7H2,1H3/t3-/m0/s1. The van der Waals surface area contributed by atoms with Crippen LogP contribution in [-0.4, -0.2) is 24.4 Å². The second kappa shape index (κ2) is 4.30. The van der Waals surface area contributed by atoms with Gasteiger partial charge in [0.05, 0.1) is 6.04 Å². The van der Waals surface area contributed by atoms with Crippen molar-refractivity contribution in [1.29, 1.82) is 0 Å². The lowest BCUT2D eigenvalue weighted by molar-refractivity contribution is -0.112. The van der Waals surface area contributed by atoms with Crippen molar-refractivity contribution in [3.05, 3.63) is 0 Å². The molecule has 0 amide bonds. The lowest BCUT2D eigenvalue weighted by Crippen LogP contribution is -2.32. The Kier molecular flexibility index (Phi) is 4.53. The highest BCUT2D eigenvalue weighted by atomic mass is 32.1. The smallest absolute Gasteiger partial charge is 0.165 e. The number of carbonyl (C=O) groups is 1. The molecule has 48 valence electrons. The van der Waals surface area contributed by atoms with Crippen molar-refractivity contribution in [2.24, 2.45) is 0 Å². The van der Waals surface area contributed by atoms with Crippen molar-refractivity contribution in [2.75, 3.05) is 12.8 Å². The maximum absolute atomic E-state index is 10.5. The van der Waals surface area contributed by atoms with Crippen LogP contribution in [0.15, 0.2) is 0 Å². The van der Waals surface area contributed by atoms with Crippen LogP contribution in [0.4, 0.5) is 0 Å². The summed E-state index contributed by atoms with van der Waals surface area (Å²) >= 11 is 3.94. The normalized spacial score (nSPS) is 13.4. The predicted octanol–water partition coefficient (Wildman–Crippen LogP) is -0.0941. The average Bonchev–Trinajstić information content (AvgIpc) is 1.69. The Hall–Kier alpha value is 0.410. The van der Waals surface area contributed by atoms with Crippen molar-refractivity contribution in [2.45, 2.75) is 6.04 Å². The molecule has 0 radical (unpaired) electrons. The molecule has 0 aromatic rings. The van der Waals surface area contributed by atoms with E-state index in [2.05, 4.69) is 27.2 Å². The molecule has 0 bridgehead atoms. The third-order valence-electron chi connectivity index (χ3n) is 0.874. The van der Waals surface area contributed by atoms with Gasteiger partial charge >= 0.3 is 0 Å². The second-order valence-electron chi connectivity index (χ2n) is 1.43. The summed E-state index contributed by atoms with van der Waals surface area (Å²) in [6, 6.07) is -0.108. The van der Waals surface area contributed by atoms with Gasteiger partial charge in [-0.25, -0.2) is 0 Å². The van der Waals surface area contributed by atoms with Crippen molar-refractivity contribution in [3.63, 3.8) is 0 Å². The summed E-state index contributed by atoms with van der Waals surface area (Å²) < 4.78 is 0. The summed E-state index contributed by atoms with van der Waals surface area (Å²) in [6.07, 6.45) is 0. The van der Waals surface area contributed by atoms with Crippen molar-refractivity contribution >= 4 is 27.4 Å². The van der Waals surface area contributed by atoms with E-state index in [9.17, 15) is 4.79 Å². The first kappa shape index (κ1) is 8.41. The van der Waals surface area contributed by atoms with Crippen molar-refractivity contribution in [3.8, 4) is 0 Å². The summed E-state index contributed by atoms with van der Waals surface area (Å²) in [7, 11) is 3.85. The third kappa shape index (κ3) is 2.65. The van der Waals surface area contributed by atoms with E-state index in [0.29, 0.717) is 5.75 Å². The molecule has 1 N–H and O–H groups in total. The molecule has 0 heterocycles. The lowest BCUT2D eigenvalue weighted by atomic mass is 10.4. The highest BCUT2D eigenvalue weighted by Gasteiger charge is 2.06. The fourth-order valence-electron chi connectivity index (χ4n) is 0.324. The van der Waals surface area contributed by atoms with Crippen LogP contribution in [0.25, 0.3) is 0 Å². The molecule has 0 aromatic heterocycles. The van der Waals surface area contributed by atoms with Crippen LogP contribution in [0, 0.1) is 0 Å². The minimum atomic E-state index is -0.108. The average molecular weight is 151 g/mol. The molecule has 4 heteroatoms. The Morgan fingerprint density at radius 1 is 2.00 bits per heavy atom. The molecule has 0 aliphatic carbocycles. The minimum Gasteiger partial charge on any atom is -0.310 e. The first-order valence-electron chi connectivity index (χ1n) is 2.29. The largest absolute Gasteiger partial charge is 0.310 e. The Balaban J connectivity index is 3.52. The van der Waals surface area contributed by atoms with Gasteiger partial charge in [-0.1, -0.05) is 9.24 Å². The lowest BCUT2D eigenvalue weighted by Gasteiger charge is -2.06. The molecule has 2 atom stereocenters. The van der Waals surface area contributed by atoms with Gasteiger partial charge < -0.3 is 5.32 Å². The molecule has 0 saturated carbocycles. The Morgan fingerprint density at radius 2 is 2.50 bits per heavy atom. The van der Waals surface area contributed by atoms with E-state index in [-0.39, 0.29) is 11.6 Å². The molecule has 0 rings (SSSR count). The van der Waals surface area contributed by atoms with E-state index in [1.54, 1.807) is 7.05 Å². The summed E-state index contributed by atoms with van der Waals surface area (Å²) in [5.41, 5.74) is 0.0579. The number of carbonyl (C=O) groups excluding carboxylic acids is 1. The maximum Gasteiger partial charge on any atom is 0.165 e. The number of hydrogen-bond acceptors (Lipinski definition) is 3. The van der Waals surface area contributed by atoms with Gasteiger partial charge in [-0.05, 0) is 7.05 Å². The zero-order chi connectivity index (χ0) is 6.57. The van der Waals surface area contributed by atoms with E-state index < -0.39 is 0 Å². The summed E-state index contributed by atoms with van der Waals surface area (Å²) in [5, 5.41) is 2.80. The summed E-state index contributed by atoms with van der Waals surface area (Å²) in [6.45, 7) is 0. The van der Waals surface area contributed by atoms with Crippen molar-refractivity contribution in [1.82, 2.24) is 5.32 Å². The van der Waals surface area contributed by atoms with Gasteiger partial charge in [0, 0.05) is 5.75 Å². The zero-order valence-corrected chi connectivity index (χ0v) is 6.77. The summed E-state index contributed by atoms with van der Waals surface area (Å²) in [5.74, 6) is 0.554. The molecule has 0 saturated heterocycles. The topological polar surface area (TPSA) is 29.1 Å². The highest BCUT2D eigenvalue weighted by molar-refractivity contribution is 7.80. The van der Waals surface area contributed by atoms with Crippen LogP contribution >= 0.6 is 21.9 Å². The fraction of sp³-hybridized carbons (Fsp3) is 0.750. The third-order valence-corrected chi connectivity index (χ3v) is 1.64. The van der Waals surface area contributed by atoms with Crippen LogP contribution in [0.2, 0.25) is 0 Å². The van der Waals surface area contributed by atoms with Gasteiger partial charge in [0.2, 0.25) is 0 Å². The number of likely N-dealkylation sites (N-methyl/N-ethyl adjacent to an activating group) is 1. The molecular formula is C4H10NOPS. The molecule has 8 heavy (non-hydrogen) atoms. The highest BCUT2D eigenvalue weighted by Crippen LogP contribution is 1.94. The fourth-order valence-corrected chi connectivity index (χ4v) is 1.17. The van der Waals surface area contributed by atoms with Crippen LogP contribution in [0.5, 0.6) is 0 Å². The van der Waals surface area contributed by atoms with Gasteiger partial charge in [0.15, 0.2) is 5.52 Å². The second-order valence-corrected chi connectivity index (χ2v) is 2.36. The first-order valence-corrected chi connectivity index (χ1v) is 3.50. The van der Waals surface area contributed by atoms with Crippen LogP contribution in [-0.2, 0) is 4.79 Å². The Bertz CT molecular complexity index is 84.1. The van der Waals surface area contributed by atoms with Gasteiger partial charge in [0.25, 0.3) is 0 Å². The first-order chi connectivity index (χ1) is 3.72. The van der Waals surface area contributed by atoms with E-state index in [1.807, 2.05) is 0 Å². The molecule has 0 aromatic carbocycles. The van der Waals surface area contributed by atoms with E-state index in [0.717, 1.165) is 0 Å². The molecule has 1 unspecified atom stereocenters. The van der Waals surface area contributed by atoms with Crippen LogP contribution in [0.1, 0.15) is 0 Å². The van der Waals surface area contributed by atoms with E-state index in [4.69, 9.17) is 0 Å². The molecule has 0 aliphatic heterocycles. The number of hydrogen-bond donors (Lipinski definition) is 2. The quantitative estimate of drug-likeness (QED) is 0.436. The zero-order valence-electron chi connectivity index (χ0n) is 4.72. The van der Waals surface area contributed by atoms with Gasteiger partial charge in [-0.2, -0.15) is 12.6 Å². The van der Waals surface area contributed by atoms with Gasteiger partial charge in [-0.15, -0.1) is 0 Å². The predicted molar refractivity (Wildman–Crippen MR) is 41.4 cm³/mol. The Labute approximate surface area is 57.0 Å². The van der Waals surface area contributed by atoms with Gasteiger partial charge in [-0.3, -0.25) is 4.79 Å². The van der Waals surface area contributed by atoms with Crippen LogP contribution in [0.3, 0.4) is 0 Å². The number of rotatable bonds is 3. The molecular weight excluding hydrogens is 141 g/mol. The Morgan fingerprint density at radius 3 is 2.50 bits per heavy atom. The minimum absolute atomic E-state index is 0.0579. The van der Waals surface area contributed by atoms with E-state index in [1.165, 1.54) is 0 Å². The van der Waals surface area contributed by atoms with Gasteiger partial charge in [0.1, 0.15) is 0 Å².